The minimum atomic E-state index is 0.632. The molecule has 0 saturated carbocycles. The average molecular weight is 267 g/mol. The van der Waals surface area contributed by atoms with Gasteiger partial charge >= 0.3 is 0 Å². The zero-order valence-electron chi connectivity index (χ0n) is 12.2. The van der Waals surface area contributed by atoms with E-state index in [4.69, 9.17) is 10.5 Å². The summed E-state index contributed by atoms with van der Waals surface area (Å²) in [6.07, 6.45) is 6.19. The van der Waals surface area contributed by atoms with Gasteiger partial charge in [0, 0.05) is 18.2 Å². The third-order valence-electron chi connectivity index (χ3n) is 2.78. The third kappa shape index (κ3) is 6.03. The number of allylic oxidation sites excluding steroid dienone is 1. The highest BCUT2D eigenvalue weighted by atomic mass is 16.5. The summed E-state index contributed by atoms with van der Waals surface area (Å²) in [6.45, 7) is 2.18. The SMILES string of the molecule is CCCCCC#CC#C/C=C(\N)c1ccc(OC)cc1. The Morgan fingerprint density at radius 2 is 1.95 bits per heavy atom. The van der Waals surface area contributed by atoms with E-state index in [1.165, 1.54) is 12.8 Å². The first-order chi connectivity index (χ1) is 9.77. The smallest absolute Gasteiger partial charge is 0.118 e. The molecule has 2 N–H and O–H groups in total. The van der Waals surface area contributed by atoms with Gasteiger partial charge < -0.3 is 10.5 Å². The Labute approximate surface area is 122 Å². The average Bonchev–Trinajstić information content (AvgIpc) is 2.50. The van der Waals surface area contributed by atoms with Gasteiger partial charge in [0.05, 0.1) is 7.11 Å². The standard InChI is InChI=1S/C18H21NO/c1-3-4-5-6-7-8-9-10-11-18(19)16-12-14-17(20-2)15-13-16/h11-15H,3-6,19H2,1-2H3/b18-11-. The lowest BCUT2D eigenvalue weighted by Crippen LogP contribution is -1.95. The van der Waals surface area contributed by atoms with E-state index in [9.17, 15) is 0 Å². The summed E-state index contributed by atoms with van der Waals surface area (Å²) in [6, 6.07) is 7.56. The molecule has 0 fully saturated rings. The molecule has 0 atom stereocenters. The van der Waals surface area contributed by atoms with E-state index >= 15 is 0 Å². The Morgan fingerprint density at radius 3 is 2.60 bits per heavy atom. The second kappa shape index (κ2) is 9.59. The van der Waals surface area contributed by atoms with Crippen LogP contribution in [-0.4, -0.2) is 7.11 Å². The van der Waals surface area contributed by atoms with Gasteiger partial charge in [0.25, 0.3) is 0 Å². The molecule has 0 saturated heterocycles. The Bertz CT molecular complexity index is 547. The molecule has 0 spiro atoms. The largest absolute Gasteiger partial charge is 0.497 e. The Morgan fingerprint density at radius 1 is 1.20 bits per heavy atom. The topological polar surface area (TPSA) is 35.2 Å². The lowest BCUT2D eigenvalue weighted by Gasteiger charge is -2.02. The summed E-state index contributed by atoms with van der Waals surface area (Å²) in [4.78, 5) is 0. The van der Waals surface area contributed by atoms with Crippen LogP contribution in [0.2, 0.25) is 0 Å². The van der Waals surface area contributed by atoms with Gasteiger partial charge in [0.1, 0.15) is 5.75 Å². The number of unbranched alkanes of at least 4 members (excludes halogenated alkanes) is 3. The van der Waals surface area contributed by atoms with Gasteiger partial charge in [0.2, 0.25) is 0 Å². The quantitative estimate of drug-likeness (QED) is 0.653. The minimum Gasteiger partial charge on any atom is -0.497 e. The molecule has 0 heterocycles. The van der Waals surface area contributed by atoms with Crippen molar-refractivity contribution in [1.82, 2.24) is 0 Å². The lowest BCUT2D eigenvalue weighted by atomic mass is 10.1. The molecule has 0 aliphatic carbocycles. The fourth-order valence-corrected chi connectivity index (χ4v) is 1.59. The van der Waals surface area contributed by atoms with Crippen molar-refractivity contribution in [1.29, 1.82) is 0 Å². The van der Waals surface area contributed by atoms with E-state index in [1.807, 2.05) is 24.3 Å². The molecule has 0 aliphatic heterocycles. The molecule has 20 heavy (non-hydrogen) atoms. The first-order valence-electron chi connectivity index (χ1n) is 6.86. The van der Waals surface area contributed by atoms with Crippen molar-refractivity contribution in [2.24, 2.45) is 5.73 Å². The van der Waals surface area contributed by atoms with Gasteiger partial charge in [-0.2, -0.15) is 0 Å². The molecule has 104 valence electrons. The lowest BCUT2D eigenvalue weighted by molar-refractivity contribution is 0.415. The van der Waals surface area contributed by atoms with Crippen LogP contribution in [0.1, 0.15) is 38.2 Å². The van der Waals surface area contributed by atoms with Gasteiger partial charge in [-0.1, -0.05) is 31.6 Å². The second-order valence-corrected chi connectivity index (χ2v) is 4.36. The van der Waals surface area contributed by atoms with Crippen molar-refractivity contribution in [3.63, 3.8) is 0 Å². The maximum Gasteiger partial charge on any atom is 0.118 e. The second-order valence-electron chi connectivity index (χ2n) is 4.36. The van der Waals surface area contributed by atoms with Gasteiger partial charge in [-0.25, -0.2) is 0 Å². The van der Waals surface area contributed by atoms with Crippen LogP contribution in [-0.2, 0) is 0 Å². The van der Waals surface area contributed by atoms with Gasteiger partial charge in [0.15, 0.2) is 0 Å². The van der Waals surface area contributed by atoms with Crippen molar-refractivity contribution >= 4 is 5.70 Å². The highest BCUT2D eigenvalue weighted by Crippen LogP contribution is 2.14. The molecule has 1 aromatic rings. The predicted molar refractivity (Wildman–Crippen MR) is 84.9 cm³/mol. The van der Waals surface area contributed by atoms with E-state index in [0.717, 1.165) is 24.2 Å². The third-order valence-corrected chi connectivity index (χ3v) is 2.78. The highest BCUT2D eigenvalue weighted by Gasteiger charge is 1.95. The number of hydrogen-bond donors (Lipinski definition) is 1. The Kier molecular flexibility index (Phi) is 7.55. The predicted octanol–water partition coefficient (Wildman–Crippen LogP) is 3.58. The number of methoxy groups -OCH3 is 1. The van der Waals surface area contributed by atoms with Crippen LogP contribution in [0.15, 0.2) is 30.3 Å². The van der Waals surface area contributed by atoms with Crippen molar-refractivity contribution in [2.45, 2.75) is 32.6 Å². The Balaban J connectivity index is 2.52. The minimum absolute atomic E-state index is 0.632. The van der Waals surface area contributed by atoms with Crippen LogP contribution in [0.25, 0.3) is 5.70 Å². The first-order valence-corrected chi connectivity index (χ1v) is 6.86. The normalized spacial score (nSPS) is 10.0. The van der Waals surface area contributed by atoms with Crippen LogP contribution in [0, 0.1) is 23.7 Å². The van der Waals surface area contributed by atoms with Crippen LogP contribution < -0.4 is 10.5 Å². The zero-order valence-corrected chi connectivity index (χ0v) is 12.2. The van der Waals surface area contributed by atoms with Crippen LogP contribution in [0.3, 0.4) is 0 Å². The van der Waals surface area contributed by atoms with Gasteiger partial charge in [-0.05, 0) is 48.1 Å². The molecule has 2 heteroatoms. The summed E-state index contributed by atoms with van der Waals surface area (Å²) >= 11 is 0. The van der Waals surface area contributed by atoms with E-state index in [0.29, 0.717) is 5.70 Å². The van der Waals surface area contributed by atoms with E-state index in [-0.39, 0.29) is 0 Å². The molecule has 1 rings (SSSR count). The highest BCUT2D eigenvalue weighted by molar-refractivity contribution is 5.66. The monoisotopic (exact) mass is 267 g/mol. The summed E-state index contributed by atoms with van der Waals surface area (Å²) < 4.78 is 5.10. The summed E-state index contributed by atoms with van der Waals surface area (Å²) in [5.41, 5.74) is 7.50. The molecular weight excluding hydrogens is 246 g/mol. The maximum atomic E-state index is 5.94. The van der Waals surface area contributed by atoms with Crippen LogP contribution >= 0.6 is 0 Å². The van der Waals surface area contributed by atoms with Gasteiger partial charge in [-0.15, -0.1) is 0 Å². The van der Waals surface area contributed by atoms with Gasteiger partial charge in [-0.3, -0.25) is 0 Å². The molecule has 0 bridgehead atoms. The number of rotatable bonds is 5. The molecular formula is C18H21NO. The molecule has 0 radical (unpaired) electrons. The van der Waals surface area contributed by atoms with Crippen molar-refractivity contribution in [2.75, 3.05) is 7.11 Å². The number of benzene rings is 1. The van der Waals surface area contributed by atoms with Crippen molar-refractivity contribution < 1.29 is 4.74 Å². The van der Waals surface area contributed by atoms with Crippen LogP contribution in [0.4, 0.5) is 0 Å². The maximum absolute atomic E-state index is 5.94. The summed E-state index contributed by atoms with van der Waals surface area (Å²) in [5, 5.41) is 0. The van der Waals surface area contributed by atoms with E-state index < -0.39 is 0 Å². The number of nitrogens with two attached hydrogens (primary N) is 1. The molecule has 0 amide bonds. The number of ether oxygens (including phenoxy) is 1. The molecule has 0 aromatic heterocycles. The molecule has 1 aromatic carbocycles. The summed E-state index contributed by atoms with van der Waals surface area (Å²) in [5.74, 6) is 12.3. The van der Waals surface area contributed by atoms with E-state index in [2.05, 4.69) is 30.6 Å². The van der Waals surface area contributed by atoms with Crippen LogP contribution in [0.5, 0.6) is 5.75 Å². The van der Waals surface area contributed by atoms with Crippen molar-refractivity contribution in [3.05, 3.63) is 35.9 Å². The zero-order chi connectivity index (χ0) is 14.6. The van der Waals surface area contributed by atoms with E-state index in [1.54, 1.807) is 13.2 Å². The fraction of sp³-hybridized carbons (Fsp3) is 0.333. The molecule has 2 nitrogen and oxygen atoms in total. The Hall–Kier alpha value is -2.32. The number of hydrogen-bond acceptors (Lipinski definition) is 2. The molecule has 0 unspecified atom stereocenters. The molecule has 0 aliphatic rings. The van der Waals surface area contributed by atoms with Crippen molar-refractivity contribution in [3.8, 4) is 29.4 Å². The first kappa shape index (κ1) is 15.7. The summed E-state index contributed by atoms with van der Waals surface area (Å²) in [7, 11) is 1.64. The fourth-order valence-electron chi connectivity index (χ4n) is 1.59.